The van der Waals surface area contributed by atoms with E-state index in [0.717, 1.165) is 0 Å². The van der Waals surface area contributed by atoms with Gasteiger partial charge < -0.3 is 82.3 Å². The SMILES string of the molecule is CC1OC(OC2C(O)C(O)C(N=C(N)N)C(O)C2NC(=N)N)C(OC2OC(CO)C(O)C(O)C2N(C)C)C1(O)CO. The zero-order valence-electron chi connectivity index (χ0n) is 22.8. The van der Waals surface area contributed by atoms with E-state index in [-0.39, 0.29) is 0 Å². The number of aliphatic hydroxyl groups is 8. The Morgan fingerprint density at radius 3 is 2.10 bits per heavy atom. The second-order valence-electron chi connectivity index (χ2n) is 10.7. The Bertz CT molecular complexity index is 931. The summed E-state index contributed by atoms with van der Waals surface area (Å²) in [5, 5.41) is 94.9. The average molecular weight is 598 g/mol. The van der Waals surface area contributed by atoms with Crippen molar-refractivity contribution >= 4 is 11.9 Å². The van der Waals surface area contributed by atoms with Crippen LogP contribution in [0, 0.1) is 5.41 Å². The molecule has 2 aliphatic heterocycles. The van der Waals surface area contributed by atoms with Crippen LogP contribution in [0.3, 0.4) is 0 Å². The Labute approximate surface area is 235 Å². The molecule has 19 nitrogen and oxygen atoms in total. The van der Waals surface area contributed by atoms with E-state index >= 15 is 0 Å². The van der Waals surface area contributed by atoms with Crippen LogP contribution < -0.4 is 22.5 Å². The summed E-state index contributed by atoms with van der Waals surface area (Å²) in [6.07, 6.45) is -16.9. The summed E-state index contributed by atoms with van der Waals surface area (Å²) in [6, 6.07) is -3.89. The van der Waals surface area contributed by atoms with Crippen molar-refractivity contribution in [3.05, 3.63) is 0 Å². The van der Waals surface area contributed by atoms with E-state index in [0.29, 0.717) is 0 Å². The van der Waals surface area contributed by atoms with Crippen molar-refractivity contribution in [2.24, 2.45) is 22.2 Å². The number of ether oxygens (including phenoxy) is 4. The number of nitrogens with one attached hydrogen (secondary N) is 2. The van der Waals surface area contributed by atoms with E-state index in [1.54, 1.807) is 14.1 Å². The van der Waals surface area contributed by atoms with Crippen LogP contribution in [0.1, 0.15) is 6.92 Å². The van der Waals surface area contributed by atoms with Crippen LogP contribution in [0.4, 0.5) is 0 Å². The lowest BCUT2D eigenvalue weighted by atomic mass is 9.81. The molecule has 0 amide bonds. The first-order valence-corrected chi connectivity index (χ1v) is 12.9. The highest BCUT2D eigenvalue weighted by Crippen LogP contribution is 2.39. The summed E-state index contributed by atoms with van der Waals surface area (Å²) in [6.45, 7) is -0.191. The fraction of sp³-hybridized carbons (Fsp3) is 0.909. The third kappa shape index (κ3) is 6.51. The number of hydrogen-bond acceptors (Lipinski definition) is 15. The molecule has 0 aromatic carbocycles. The molecule has 0 bridgehead atoms. The molecule has 1 aliphatic carbocycles. The lowest BCUT2D eigenvalue weighted by Gasteiger charge is -2.47. The Kier molecular flexibility index (Phi) is 10.7. The van der Waals surface area contributed by atoms with E-state index in [1.807, 2.05) is 0 Å². The van der Waals surface area contributed by atoms with Crippen LogP contribution in [0.2, 0.25) is 0 Å². The van der Waals surface area contributed by atoms with Gasteiger partial charge in [-0.15, -0.1) is 0 Å². The van der Waals surface area contributed by atoms with Gasteiger partial charge in [0.2, 0.25) is 0 Å². The molecule has 0 aromatic heterocycles. The molecule has 238 valence electrons. The molecule has 16 N–H and O–H groups in total. The minimum Gasteiger partial charge on any atom is -0.394 e. The maximum absolute atomic E-state index is 11.4. The molecule has 0 aromatic rings. The summed E-state index contributed by atoms with van der Waals surface area (Å²) in [7, 11) is 3.12. The van der Waals surface area contributed by atoms with Gasteiger partial charge in [-0.25, -0.2) is 4.99 Å². The summed E-state index contributed by atoms with van der Waals surface area (Å²) in [5.41, 5.74) is 14.1. The summed E-state index contributed by atoms with van der Waals surface area (Å²) < 4.78 is 23.4. The standard InChI is InChI=1S/C22H43N7O12/c1-6-22(37,5-31)17(41-18-10(29(2)3)14(35)11(32)7(4-30)39-18)19(38-6)40-16-9(28-21(25)26)12(33)8(27-20(23)24)13(34)15(16)36/h6-19,30-37H,4-5H2,1-3H3,(H4,23,24,27)(H4,25,26,28). The highest BCUT2D eigenvalue weighted by molar-refractivity contribution is 5.76. The Hall–Kier alpha value is -1.98. The molecule has 0 radical (unpaired) electrons. The lowest BCUT2D eigenvalue weighted by molar-refractivity contribution is -0.326. The van der Waals surface area contributed by atoms with Crippen molar-refractivity contribution in [3.63, 3.8) is 0 Å². The number of hydrogen-bond donors (Lipinski definition) is 13. The van der Waals surface area contributed by atoms with Crippen molar-refractivity contribution in [2.45, 2.75) is 98.2 Å². The molecule has 41 heavy (non-hydrogen) atoms. The van der Waals surface area contributed by atoms with Gasteiger partial charge in [0, 0.05) is 0 Å². The van der Waals surface area contributed by atoms with Crippen LogP contribution in [0.15, 0.2) is 4.99 Å². The summed E-state index contributed by atoms with van der Waals surface area (Å²) in [4.78, 5) is 5.24. The third-order valence-electron chi connectivity index (χ3n) is 7.78. The van der Waals surface area contributed by atoms with E-state index in [2.05, 4.69) is 10.3 Å². The first kappa shape index (κ1) is 33.5. The predicted molar refractivity (Wildman–Crippen MR) is 138 cm³/mol. The van der Waals surface area contributed by atoms with Gasteiger partial charge in [-0.3, -0.25) is 10.3 Å². The van der Waals surface area contributed by atoms with Gasteiger partial charge >= 0.3 is 0 Å². The number of nitrogens with zero attached hydrogens (tertiary/aromatic N) is 2. The molecule has 0 spiro atoms. The maximum Gasteiger partial charge on any atom is 0.187 e. The monoisotopic (exact) mass is 597 g/mol. The highest BCUT2D eigenvalue weighted by Gasteiger charge is 2.60. The Balaban J connectivity index is 1.97. The number of aliphatic imine (C=N–C) groups is 1. The lowest BCUT2D eigenvalue weighted by Crippen LogP contribution is -2.70. The van der Waals surface area contributed by atoms with Gasteiger partial charge in [-0.1, -0.05) is 0 Å². The predicted octanol–water partition coefficient (Wildman–Crippen LogP) is -7.82. The second kappa shape index (κ2) is 13.1. The third-order valence-corrected chi connectivity index (χ3v) is 7.78. The van der Waals surface area contributed by atoms with E-state index in [1.165, 1.54) is 11.8 Å². The topological polar surface area (TPSA) is 328 Å². The summed E-state index contributed by atoms with van der Waals surface area (Å²) >= 11 is 0. The van der Waals surface area contributed by atoms with E-state index in [9.17, 15) is 40.9 Å². The number of aliphatic hydroxyl groups excluding tert-OH is 7. The van der Waals surface area contributed by atoms with Crippen molar-refractivity contribution in [3.8, 4) is 0 Å². The number of nitrogens with two attached hydrogens (primary N) is 3. The molecular formula is C22H43N7O12. The van der Waals surface area contributed by atoms with Gasteiger partial charge in [-0.2, -0.15) is 0 Å². The molecule has 15 unspecified atom stereocenters. The molecule has 2 saturated heterocycles. The molecular weight excluding hydrogens is 554 g/mol. The summed E-state index contributed by atoms with van der Waals surface area (Å²) in [5.74, 6) is -1.13. The molecule has 1 saturated carbocycles. The van der Waals surface area contributed by atoms with Crippen LogP contribution in [0.5, 0.6) is 0 Å². The molecule has 3 rings (SSSR count). The Morgan fingerprint density at radius 1 is 0.951 bits per heavy atom. The highest BCUT2D eigenvalue weighted by atomic mass is 16.8. The zero-order valence-corrected chi connectivity index (χ0v) is 22.8. The van der Waals surface area contributed by atoms with Crippen molar-refractivity contribution < 1.29 is 59.8 Å². The number of guanidine groups is 2. The minimum absolute atomic E-state index is 0.493. The Morgan fingerprint density at radius 2 is 1.59 bits per heavy atom. The zero-order chi connectivity index (χ0) is 31.0. The number of likely N-dealkylation sites (N-methyl/N-ethyl adjacent to an activating group) is 1. The smallest absolute Gasteiger partial charge is 0.187 e. The first-order valence-electron chi connectivity index (χ1n) is 12.9. The molecule has 2 heterocycles. The maximum atomic E-state index is 11.4. The van der Waals surface area contributed by atoms with Gasteiger partial charge in [0.25, 0.3) is 0 Å². The first-order chi connectivity index (χ1) is 19.1. The average Bonchev–Trinajstić information content (AvgIpc) is 3.13. The fourth-order valence-corrected chi connectivity index (χ4v) is 5.44. The molecule has 3 fully saturated rings. The molecule has 19 heteroatoms. The van der Waals surface area contributed by atoms with Gasteiger partial charge in [-0.05, 0) is 21.0 Å². The normalized spacial score (nSPS) is 46.8. The molecule has 15 atom stereocenters. The van der Waals surface area contributed by atoms with Gasteiger partial charge in [0.15, 0.2) is 24.5 Å². The van der Waals surface area contributed by atoms with Crippen molar-refractivity contribution in [2.75, 3.05) is 27.3 Å². The van der Waals surface area contributed by atoms with Crippen LogP contribution in [0.25, 0.3) is 0 Å². The molecule has 3 aliphatic rings. The largest absolute Gasteiger partial charge is 0.394 e. The van der Waals surface area contributed by atoms with Crippen LogP contribution >= 0.6 is 0 Å². The van der Waals surface area contributed by atoms with Gasteiger partial charge in [0.1, 0.15) is 60.5 Å². The second-order valence-corrected chi connectivity index (χ2v) is 10.7. The van der Waals surface area contributed by atoms with E-state index in [4.69, 9.17) is 41.6 Å². The van der Waals surface area contributed by atoms with Crippen molar-refractivity contribution in [1.29, 1.82) is 5.41 Å². The van der Waals surface area contributed by atoms with Crippen LogP contribution in [-0.4, -0.2) is 176 Å². The minimum atomic E-state index is -2.15. The number of rotatable bonds is 9. The quantitative estimate of drug-likeness (QED) is 0.0866. The van der Waals surface area contributed by atoms with E-state index < -0.39 is 116 Å². The van der Waals surface area contributed by atoms with Crippen molar-refractivity contribution in [1.82, 2.24) is 10.2 Å². The van der Waals surface area contributed by atoms with Gasteiger partial charge in [0.05, 0.1) is 31.4 Å². The van der Waals surface area contributed by atoms with Crippen LogP contribution in [-0.2, 0) is 18.9 Å². The fourth-order valence-electron chi connectivity index (χ4n) is 5.44.